The van der Waals surface area contributed by atoms with Gasteiger partial charge >= 0.3 is 0 Å². The molecule has 1 aromatic heterocycles. The van der Waals surface area contributed by atoms with Crippen LogP contribution in [-0.4, -0.2) is 17.4 Å². The van der Waals surface area contributed by atoms with Crippen molar-refractivity contribution in [3.63, 3.8) is 0 Å². The minimum absolute atomic E-state index is 0.308. The summed E-state index contributed by atoms with van der Waals surface area (Å²) in [5.41, 5.74) is 1.54. The van der Waals surface area contributed by atoms with Gasteiger partial charge in [-0.3, -0.25) is 9.78 Å². The summed E-state index contributed by atoms with van der Waals surface area (Å²) >= 11 is 3.07. The summed E-state index contributed by atoms with van der Waals surface area (Å²) in [6.07, 6.45) is 4.09. The normalized spacial score (nSPS) is 10.2. The minimum Gasteiger partial charge on any atom is -0.383 e. The van der Waals surface area contributed by atoms with Crippen LogP contribution in [0.2, 0.25) is 0 Å². The van der Waals surface area contributed by atoms with Crippen LogP contribution in [-0.2, 0) is 0 Å². The first kappa shape index (κ1) is 15.4. The van der Waals surface area contributed by atoms with Gasteiger partial charge in [0, 0.05) is 18.4 Å². The highest BCUT2D eigenvalue weighted by atomic mass is 79.9. The average molecular weight is 352 g/mol. The maximum absolute atomic E-state index is 13.5. The summed E-state index contributed by atoms with van der Waals surface area (Å²) in [5, 5.41) is 5.82. The molecule has 0 unspecified atom stereocenters. The summed E-state index contributed by atoms with van der Waals surface area (Å²) in [6.45, 7) is 2.78. The van der Waals surface area contributed by atoms with Crippen molar-refractivity contribution >= 4 is 33.2 Å². The lowest BCUT2D eigenvalue weighted by Crippen LogP contribution is -2.15. The third-order valence-electron chi connectivity index (χ3n) is 2.81. The number of amides is 1. The van der Waals surface area contributed by atoms with Crippen LogP contribution >= 0.6 is 15.9 Å². The number of nitrogens with one attached hydrogen (secondary N) is 2. The predicted molar refractivity (Wildman–Crippen MR) is 85.1 cm³/mol. The molecule has 2 N–H and O–H groups in total. The van der Waals surface area contributed by atoms with Crippen molar-refractivity contribution in [1.29, 1.82) is 0 Å². The number of anilines is 2. The minimum atomic E-state index is -0.424. The Hall–Kier alpha value is -1.95. The van der Waals surface area contributed by atoms with Crippen LogP contribution in [0.25, 0.3) is 0 Å². The number of pyridine rings is 1. The molecule has 1 aromatic carbocycles. The molecule has 0 aliphatic rings. The third-order valence-corrected chi connectivity index (χ3v) is 3.45. The first-order chi connectivity index (χ1) is 10.1. The van der Waals surface area contributed by atoms with Gasteiger partial charge in [-0.1, -0.05) is 6.92 Å². The second kappa shape index (κ2) is 7.17. The van der Waals surface area contributed by atoms with Gasteiger partial charge in [0.1, 0.15) is 5.82 Å². The Balaban J connectivity index is 2.18. The second-order valence-electron chi connectivity index (χ2n) is 4.43. The molecule has 6 heteroatoms. The SMILES string of the molecule is CCCNc1cnccc1C(=O)Nc1ccc(Br)c(F)c1. The maximum atomic E-state index is 13.5. The number of carbonyl (C=O) groups is 1. The molecule has 110 valence electrons. The number of benzene rings is 1. The van der Waals surface area contributed by atoms with Crippen molar-refractivity contribution in [3.8, 4) is 0 Å². The lowest BCUT2D eigenvalue weighted by molar-refractivity contribution is 0.102. The molecule has 2 aromatic rings. The molecule has 0 aliphatic carbocycles. The number of hydrogen-bond acceptors (Lipinski definition) is 3. The molecule has 1 heterocycles. The van der Waals surface area contributed by atoms with Crippen molar-refractivity contribution < 1.29 is 9.18 Å². The van der Waals surface area contributed by atoms with E-state index in [0.29, 0.717) is 21.4 Å². The fraction of sp³-hybridized carbons (Fsp3) is 0.200. The van der Waals surface area contributed by atoms with Gasteiger partial charge in [0.05, 0.1) is 21.9 Å². The summed E-state index contributed by atoms with van der Waals surface area (Å²) in [4.78, 5) is 16.3. The number of carbonyl (C=O) groups excluding carboxylic acids is 1. The standard InChI is InChI=1S/C15H15BrFN3O/c1-2-6-19-14-9-18-7-5-11(14)15(21)20-10-3-4-12(16)13(17)8-10/h3-5,7-9,19H,2,6H2,1H3,(H,20,21). The quantitative estimate of drug-likeness (QED) is 0.853. The van der Waals surface area contributed by atoms with E-state index >= 15 is 0 Å². The Morgan fingerprint density at radius 2 is 2.19 bits per heavy atom. The maximum Gasteiger partial charge on any atom is 0.257 e. The molecule has 21 heavy (non-hydrogen) atoms. The Labute approximate surface area is 130 Å². The molecule has 0 radical (unpaired) electrons. The molecular formula is C15H15BrFN3O. The predicted octanol–water partition coefficient (Wildman–Crippen LogP) is 4.06. The van der Waals surface area contributed by atoms with E-state index in [0.717, 1.165) is 13.0 Å². The van der Waals surface area contributed by atoms with Gasteiger partial charge in [0.2, 0.25) is 0 Å². The Kier molecular flexibility index (Phi) is 5.27. The lowest BCUT2D eigenvalue weighted by atomic mass is 10.2. The van der Waals surface area contributed by atoms with Gasteiger partial charge in [-0.2, -0.15) is 0 Å². The molecule has 0 saturated heterocycles. The van der Waals surface area contributed by atoms with Crippen LogP contribution in [0.1, 0.15) is 23.7 Å². The van der Waals surface area contributed by atoms with E-state index in [1.165, 1.54) is 6.07 Å². The highest BCUT2D eigenvalue weighted by molar-refractivity contribution is 9.10. The number of hydrogen-bond donors (Lipinski definition) is 2. The van der Waals surface area contributed by atoms with Crippen LogP contribution in [0.3, 0.4) is 0 Å². The molecule has 0 spiro atoms. The van der Waals surface area contributed by atoms with Crippen molar-refractivity contribution in [2.24, 2.45) is 0 Å². The van der Waals surface area contributed by atoms with E-state index in [4.69, 9.17) is 0 Å². The molecule has 0 bridgehead atoms. The van der Waals surface area contributed by atoms with E-state index < -0.39 is 5.82 Å². The topological polar surface area (TPSA) is 54.0 Å². The van der Waals surface area contributed by atoms with Crippen LogP contribution in [0, 0.1) is 5.82 Å². The van der Waals surface area contributed by atoms with Gasteiger partial charge in [0.25, 0.3) is 5.91 Å². The van der Waals surface area contributed by atoms with Crippen LogP contribution < -0.4 is 10.6 Å². The molecule has 2 rings (SSSR count). The largest absolute Gasteiger partial charge is 0.383 e. The number of rotatable bonds is 5. The van der Waals surface area contributed by atoms with Crippen molar-refractivity contribution in [3.05, 3.63) is 52.5 Å². The summed E-state index contributed by atoms with van der Waals surface area (Å²) < 4.78 is 13.8. The molecule has 4 nitrogen and oxygen atoms in total. The Bertz CT molecular complexity index is 649. The van der Waals surface area contributed by atoms with Crippen LogP contribution in [0.5, 0.6) is 0 Å². The van der Waals surface area contributed by atoms with E-state index in [9.17, 15) is 9.18 Å². The van der Waals surface area contributed by atoms with E-state index in [1.54, 1.807) is 30.6 Å². The fourth-order valence-corrected chi connectivity index (χ4v) is 2.01. The van der Waals surface area contributed by atoms with E-state index in [-0.39, 0.29) is 5.91 Å². The lowest BCUT2D eigenvalue weighted by Gasteiger charge is -2.11. The number of aromatic nitrogens is 1. The molecule has 1 amide bonds. The molecule has 0 fully saturated rings. The van der Waals surface area contributed by atoms with Gasteiger partial charge in [-0.15, -0.1) is 0 Å². The monoisotopic (exact) mass is 351 g/mol. The van der Waals surface area contributed by atoms with E-state index in [2.05, 4.69) is 31.5 Å². The summed E-state index contributed by atoms with van der Waals surface area (Å²) in [7, 11) is 0. The smallest absolute Gasteiger partial charge is 0.257 e. The highest BCUT2D eigenvalue weighted by Crippen LogP contribution is 2.21. The second-order valence-corrected chi connectivity index (χ2v) is 5.29. The molecule has 0 aliphatic heterocycles. The zero-order chi connectivity index (χ0) is 15.2. The molecule has 0 saturated carbocycles. The fourth-order valence-electron chi connectivity index (χ4n) is 1.77. The van der Waals surface area contributed by atoms with Crippen molar-refractivity contribution in [2.45, 2.75) is 13.3 Å². The van der Waals surface area contributed by atoms with Gasteiger partial charge in [-0.25, -0.2) is 4.39 Å². The third kappa shape index (κ3) is 4.01. The van der Waals surface area contributed by atoms with Crippen LogP contribution in [0.15, 0.2) is 41.1 Å². The molecular weight excluding hydrogens is 337 g/mol. The first-order valence-corrected chi connectivity index (χ1v) is 7.35. The Morgan fingerprint density at radius 1 is 1.38 bits per heavy atom. The zero-order valence-electron chi connectivity index (χ0n) is 11.5. The van der Waals surface area contributed by atoms with Crippen molar-refractivity contribution in [2.75, 3.05) is 17.2 Å². The average Bonchev–Trinajstić information content (AvgIpc) is 2.49. The number of nitrogens with zero attached hydrogens (tertiary/aromatic N) is 1. The van der Waals surface area contributed by atoms with Crippen molar-refractivity contribution in [1.82, 2.24) is 4.98 Å². The summed E-state index contributed by atoms with van der Waals surface area (Å²) in [6, 6.07) is 6.07. The van der Waals surface area contributed by atoms with Gasteiger partial charge < -0.3 is 10.6 Å². The Morgan fingerprint density at radius 3 is 2.90 bits per heavy atom. The van der Waals surface area contributed by atoms with Crippen LogP contribution in [0.4, 0.5) is 15.8 Å². The molecule has 0 atom stereocenters. The van der Waals surface area contributed by atoms with E-state index in [1.807, 2.05) is 6.92 Å². The number of halogens is 2. The first-order valence-electron chi connectivity index (χ1n) is 6.56. The zero-order valence-corrected chi connectivity index (χ0v) is 13.1. The summed E-state index contributed by atoms with van der Waals surface area (Å²) in [5.74, 6) is -0.732. The highest BCUT2D eigenvalue weighted by Gasteiger charge is 2.12. The van der Waals surface area contributed by atoms with Gasteiger partial charge in [-0.05, 0) is 46.6 Å². The van der Waals surface area contributed by atoms with Gasteiger partial charge in [0.15, 0.2) is 0 Å².